The molecule has 0 bridgehead atoms. The largest absolute Gasteiger partial charge is 0.368 e. The second kappa shape index (κ2) is 9.53. The van der Waals surface area contributed by atoms with E-state index in [0.29, 0.717) is 29.1 Å². The van der Waals surface area contributed by atoms with Gasteiger partial charge in [-0.3, -0.25) is 9.78 Å². The Morgan fingerprint density at radius 1 is 1.11 bits per heavy atom. The summed E-state index contributed by atoms with van der Waals surface area (Å²) >= 11 is 0. The van der Waals surface area contributed by atoms with Crippen molar-refractivity contribution in [1.82, 2.24) is 20.5 Å². The minimum absolute atomic E-state index is 0.0430. The number of nitrogens with zero attached hydrogens (tertiary/aromatic N) is 3. The molecule has 3 heterocycles. The normalized spacial score (nSPS) is 24.6. The van der Waals surface area contributed by atoms with E-state index in [-0.39, 0.29) is 48.5 Å². The third-order valence-electron chi connectivity index (χ3n) is 6.75. The van der Waals surface area contributed by atoms with E-state index in [0.717, 1.165) is 0 Å². The maximum atomic E-state index is 14.3. The van der Waals surface area contributed by atoms with Gasteiger partial charge in [0.2, 0.25) is 0 Å². The van der Waals surface area contributed by atoms with Crippen LogP contribution in [0.4, 0.5) is 14.6 Å². The van der Waals surface area contributed by atoms with Crippen LogP contribution in [0.25, 0.3) is 11.3 Å². The fourth-order valence-electron chi connectivity index (χ4n) is 4.82. The molecule has 0 spiro atoms. The Kier molecular flexibility index (Phi) is 6.42. The van der Waals surface area contributed by atoms with E-state index < -0.39 is 27.2 Å². The minimum atomic E-state index is -3.09. The zero-order valence-corrected chi connectivity index (χ0v) is 20.1. The topological polar surface area (TPSA) is 114 Å². The van der Waals surface area contributed by atoms with Gasteiger partial charge in [-0.15, -0.1) is 10.2 Å². The van der Waals surface area contributed by atoms with Gasteiger partial charge < -0.3 is 10.6 Å². The van der Waals surface area contributed by atoms with Crippen molar-refractivity contribution in [3.05, 3.63) is 71.8 Å². The van der Waals surface area contributed by atoms with Crippen LogP contribution >= 0.6 is 0 Å². The van der Waals surface area contributed by atoms with Crippen LogP contribution in [0.1, 0.15) is 35.3 Å². The summed E-state index contributed by atoms with van der Waals surface area (Å²) in [4.78, 5) is 16.8. The number of rotatable bonds is 7. The zero-order valence-electron chi connectivity index (χ0n) is 19.3. The highest BCUT2D eigenvalue weighted by Crippen LogP contribution is 2.45. The van der Waals surface area contributed by atoms with Crippen LogP contribution < -0.4 is 10.6 Å². The molecule has 1 aliphatic heterocycles. The number of hydrogen-bond acceptors (Lipinski definition) is 7. The predicted octanol–water partition coefficient (Wildman–Crippen LogP) is 3.08. The summed E-state index contributed by atoms with van der Waals surface area (Å²) in [6.07, 6.45) is 1.28. The zero-order chi connectivity index (χ0) is 25.3. The molecular formula is C25H25F2N5O3S. The molecule has 2 aromatic heterocycles. The molecule has 11 heteroatoms. The predicted molar refractivity (Wildman–Crippen MR) is 130 cm³/mol. The number of sulfone groups is 1. The number of carbonyl (C=O) groups excluding carboxylic acids is 1. The highest BCUT2D eigenvalue weighted by atomic mass is 32.2. The molecule has 2 fully saturated rings. The lowest BCUT2D eigenvalue weighted by Gasteiger charge is -2.44. The first-order valence-electron chi connectivity index (χ1n) is 11.7. The molecule has 8 nitrogen and oxygen atoms in total. The monoisotopic (exact) mass is 513 g/mol. The Bertz CT molecular complexity index is 1380. The van der Waals surface area contributed by atoms with E-state index >= 15 is 0 Å². The molecule has 1 aromatic carbocycles. The van der Waals surface area contributed by atoms with Crippen molar-refractivity contribution < 1.29 is 22.0 Å². The molecule has 3 aromatic rings. The number of alkyl halides is 1. The fraction of sp³-hybridized carbons (Fsp3) is 0.360. The minimum Gasteiger partial charge on any atom is -0.368 e. The van der Waals surface area contributed by atoms with Crippen LogP contribution in [-0.4, -0.2) is 59.8 Å². The SMILES string of the molecule is O=C(NC1CCS(=O)(=O)C1)c1cccc(-c2ccc(NCC3(c4ncccc4F)CC(F)C3)nn2)c1. The van der Waals surface area contributed by atoms with Gasteiger partial charge >= 0.3 is 0 Å². The maximum Gasteiger partial charge on any atom is 0.251 e. The number of amides is 1. The first-order valence-corrected chi connectivity index (χ1v) is 13.5. The number of halogens is 2. The third-order valence-corrected chi connectivity index (χ3v) is 8.51. The van der Waals surface area contributed by atoms with Gasteiger partial charge in [-0.2, -0.15) is 0 Å². The van der Waals surface area contributed by atoms with Gasteiger partial charge in [-0.25, -0.2) is 17.2 Å². The summed E-state index contributed by atoms with van der Waals surface area (Å²) in [5, 5.41) is 14.3. The van der Waals surface area contributed by atoms with Crippen LogP contribution in [0.5, 0.6) is 0 Å². The van der Waals surface area contributed by atoms with Crippen LogP contribution in [-0.2, 0) is 15.3 Å². The summed E-state index contributed by atoms with van der Waals surface area (Å²) in [7, 11) is -3.09. The van der Waals surface area contributed by atoms with Crippen LogP contribution in [0, 0.1) is 5.82 Å². The van der Waals surface area contributed by atoms with Crippen LogP contribution in [0.2, 0.25) is 0 Å². The van der Waals surface area contributed by atoms with Gasteiger partial charge in [0.05, 0.1) is 22.9 Å². The number of aromatic nitrogens is 3. The second-order valence-corrected chi connectivity index (χ2v) is 11.7. The van der Waals surface area contributed by atoms with Gasteiger partial charge in [-0.1, -0.05) is 12.1 Å². The Balaban J connectivity index is 1.25. The summed E-state index contributed by atoms with van der Waals surface area (Å²) in [5.41, 5.74) is 1.11. The fourth-order valence-corrected chi connectivity index (χ4v) is 6.50. The lowest BCUT2D eigenvalue weighted by atomic mass is 9.65. The number of pyridine rings is 1. The first-order chi connectivity index (χ1) is 17.2. The molecule has 188 valence electrons. The van der Waals surface area contributed by atoms with E-state index in [1.165, 1.54) is 18.3 Å². The van der Waals surface area contributed by atoms with E-state index in [1.807, 2.05) is 0 Å². The van der Waals surface area contributed by atoms with Crippen LogP contribution in [0.15, 0.2) is 54.7 Å². The highest BCUT2D eigenvalue weighted by Gasteiger charge is 2.48. The van der Waals surface area contributed by atoms with Crippen molar-refractivity contribution in [2.45, 2.75) is 36.9 Å². The molecule has 1 saturated carbocycles. The standard InChI is InChI=1S/C25H25F2N5O3S/c26-18-12-25(13-18,23-20(27)5-2-9-28-23)15-29-22-7-6-21(31-32-22)16-3-1-4-17(11-16)24(33)30-19-8-10-36(34,35)14-19/h1-7,9,11,18-19H,8,10,12-15H2,(H,29,32)(H,30,33). The van der Waals surface area contributed by atoms with Gasteiger partial charge in [-0.05, 0) is 55.7 Å². The summed E-state index contributed by atoms with van der Waals surface area (Å²) in [6.45, 7) is 0.266. The molecular weight excluding hydrogens is 488 g/mol. The Hall–Kier alpha value is -3.47. The Morgan fingerprint density at radius 3 is 2.61 bits per heavy atom. The van der Waals surface area contributed by atoms with Crippen molar-refractivity contribution in [1.29, 1.82) is 0 Å². The molecule has 36 heavy (non-hydrogen) atoms. The number of anilines is 1. The lowest BCUT2D eigenvalue weighted by molar-refractivity contribution is 0.0940. The molecule has 1 amide bonds. The maximum absolute atomic E-state index is 14.3. The van der Waals surface area contributed by atoms with Gasteiger partial charge in [0.25, 0.3) is 5.91 Å². The van der Waals surface area contributed by atoms with Gasteiger partial charge in [0.1, 0.15) is 17.8 Å². The summed E-state index contributed by atoms with van der Waals surface area (Å²) in [5.74, 6) is -0.304. The summed E-state index contributed by atoms with van der Waals surface area (Å²) < 4.78 is 51.4. The molecule has 1 saturated heterocycles. The number of nitrogens with one attached hydrogen (secondary N) is 2. The average Bonchev–Trinajstić information content (AvgIpc) is 3.19. The van der Waals surface area contributed by atoms with Crippen molar-refractivity contribution in [3.63, 3.8) is 0 Å². The third kappa shape index (κ3) is 5.06. The Morgan fingerprint density at radius 2 is 1.94 bits per heavy atom. The highest BCUT2D eigenvalue weighted by molar-refractivity contribution is 7.91. The number of benzene rings is 1. The van der Waals surface area contributed by atoms with E-state index in [1.54, 1.807) is 36.4 Å². The van der Waals surface area contributed by atoms with Crippen molar-refractivity contribution in [2.24, 2.45) is 0 Å². The second-order valence-electron chi connectivity index (χ2n) is 9.43. The summed E-state index contributed by atoms with van der Waals surface area (Å²) in [6, 6.07) is 12.7. The Labute approximate surface area is 207 Å². The molecule has 0 radical (unpaired) electrons. The average molecular weight is 514 g/mol. The lowest BCUT2D eigenvalue weighted by Crippen LogP contribution is -2.49. The number of carbonyl (C=O) groups is 1. The van der Waals surface area contributed by atoms with Gasteiger partial charge in [0.15, 0.2) is 9.84 Å². The van der Waals surface area contributed by atoms with Crippen molar-refractivity contribution >= 4 is 21.6 Å². The molecule has 5 rings (SSSR count). The molecule has 1 aliphatic carbocycles. The molecule has 2 aliphatic rings. The quantitative estimate of drug-likeness (QED) is 0.499. The smallest absolute Gasteiger partial charge is 0.251 e. The molecule has 1 atom stereocenters. The van der Waals surface area contributed by atoms with Gasteiger partial charge in [0, 0.05) is 35.3 Å². The van der Waals surface area contributed by atoms with E-state index in [4.69, 9.17) is 0 Å². The first kappa shape index (κ1) is 24.2. The van der Waals surface area contributed by atoms with Crippen molar-refractivity contribution in [3.8, 4) is 11.3 Å². The molecule has 2 N–H and O–H groups in total. The van der Waals surface area contributed by atoms with E-state index in [9.17, 15) is 22.0 Å². The van der Waals surface area contributed by atoms with Crippen molar-refractivity contribution in [2.75, 3.05) is 23.4 Å². The number of hydrogen-bond donors (Lipinski definition) is 2. The van der Waals surface area contributed by atoms with E-state index in [2.05, 4.69) is 25.8 Å². The molecule has 1 unspecified atom stereocenters. The van der Waals surface area contributed by atoms with Crippen LogP contribution in [0.3, 0.4) is 0 Å².